The van der Waals surface area contributed by atoms with Gasteiger partial charge in [0.1, 0.15) is 0 Å². The SMILES string of the molecule is Cl.Cl.Cn1cc(N2CCC(N3CCC(N)C(C)(C)C3)C2=O)cn1. The molecule has 2 aliphatic heterocycles. The summed E-state index contributed by atoms with van der Waals surface area (Å²) in [5.74, 6) is 0.203. The van der Waals surface area contributed by atoms with Gasteiger partial charge in [0.15, 0.2) is 0 Å². The van der Waals surface area contributed by atoms with Crippen LogP contribution in [0.1, 0.15) is 26.7 Å². The summed E-state index contributed by atoms with van der Waals surface area (Å²) < 4.78 is 1.74. The van der Waals surface area contributed by atoms with E-state index in [0.717, 1.165) is 38.2 Å². The van der Waals surface area contributed by atoms with Gasteiger partial charge < -0.3 is 10.6 Å². The maximum Gasteiger partial charge on any atom is 0.244 e. The fraction of sp³-hybridized carbons (Fsp3) is 0.733. The number of likely N-dealkylation sites (tertiary alicyclic amines) is 1. The van der Waals surface area contributed by atoms with Crippen LogP contribution in [0.3, 0.4) is 0 Å². The summed E-state index contributed by atoms with van der Waals surface area (Å²) in [5.41, 5.74) is 7.17. The van der Waals surface area contributed by atoms with Crippen molar-refractivity contribution in [3.8, 4) is 0 Å². The highest BCUT2D eigenvalue weighted by Crippen LogP contribution is 2.32. The lowest BCUT2D eigenvalue weighted by atomic mass is 9.79. The molecule has 2 unspecified atom stereocenters. The topological polar surface area (TPSA) is 67.4 Å². The summed E-state index contributed by atoms with van der Waals surface area (Å²) in [5, 5.41) is 4.16. The van der Waals surface area contributed by atoms with Gasteiger partial charge in [0, 0.05) is 38.9 Å². The lowest BCUT2D eigenvalue weighted by molar-refractivity contribution is -0.122. The van der Waals surface area contributed by atoms with Crippen molar-refractivity contribution in [2.45, 2.75) is 38.8 Å². The van der Waals surface area contributed by atoms with Crippen molar-refractivity contribution in [1.82, 2.24) is 14.7 Å². The summed E-state index contributed by atoms with van der Waals surface area (Å²) in [7, 11) is 1.87. The van der Waals surface area contributed by atoms with Gasteiger partial charge in [-0.3, -0.25) is 14.4 Å². The highest BCUT2D eigenvalue weighted by Gasteiger charge is 2.42. The van der Waals surface area contributed by atoms with Gasteiger partial charge in [-0.25, -0.2) is 0 Å². The van der Waals surface area contributed by atoms with E-state index in [0.29, 0.717) is 0 Å². The van der Waals surface area contributed by atoms with Gasteiger partial charge in [0.2, 0.25) is 5.91 Å². The summed E-state index contributed by atoms with van der Waals surface area (Å²) in [6.07, 6.45) is 5.51. The number of carbonyl (C=O) groups excluding carboxylic acids is 1. The quantitative estimate of drug-likeness (QED) is 0.862. The van der Waals surface area contributed by atoms with Crippen LogP contribution in [-0.4, -0.2) is 52.3 Å². The maximum absolute atomic E-state index is 12.7. The number of halogens is 2. The van der Waals surface area contributed by atoms with E-state index in [9.17, 15) is 4.79 Å². The van der Waals surface area contributed by atoms with Crippen molar-refractivity contribution >= 4 is 36.4 Å². The van der Waals surface area contributed by atoms with Crippen molar-refractivity contribution in [1.29, 1.82) is 0 Å². The highest BCUT2D eigenvalue weighted by molar-refractivity contribution is 5.99. The zero-order valence-corrected chi connectivity index (χ0v) is 15.6. The Morgan fingerprint density at radius 3 is 2.52 bits per heavy atom. The molecule has 0 saturated carbocycles. The number of piperidine rings is 1. The fourth-order valence-electron chi connectivity index (χ4n) is 3.49. The average molecular weight is 364 g/mol. The lowest BCUT2D eigenvalue weighted by Crippen LogP contribution is -2.56. The second-order valence-corrected chi connectivity index (χ2v) is 7.02. The van der Waals surface area contributed by atoms with Crippen LogP contribution in [0.2, 0.25) is 0 Å². The van der Waals surface area contributed by atoms with E-state index in [2.05, 4.69) is 23.8 Å². The number of carbonyl (C=O) groups is 1. The van der Waals surface area contributed by atoms with E-state index >= 15 is 0 Å². The summed E-state index contributed by atoms with van der Waals surface area (Å²) >= 11 is 0. The molecule has 1 aromatic rings. The van der Waals surface area contributed by atoms with E-state index in [1.165, 1.54) is 0 Å². The minimum atomic E-state index is -0.00280. The Labute approximate surface area is 150 Å². The third kappa shape index (κ3) is 3.82. The van der Waals surface area contributed by atoms with Crippen molar-refractivity contribution < 1.29 is 4.79 Å². The molecule has 3 rings (SSSR count). The van der Waals surface area contributed by atoms with Crippen molar-refractivity contribution in [3.63, 3.8) is 0 Å². The largest absolute Gasteiger partial charge is 0.327 e. The first-order chi connectivity index (χ1) is 9.88. The lowest BCUT2D eigenvalue weighted by Gasteiger charge is -2.44. The van der Waals surface area contributed by atoms with E-state index in [4.69, 9.17) is 5.73 Å². The van der Waals surface area contributed by atoms with Crippen LogP contribution in [0.25, 0.3) is 0 Å². The Hall–Kier alpha value is -0.820. The Morgan fingerprint density at radius 1 is 1.26 bits per heavy atom. The molecule has 2 aliphatic rings. The number of aryl methyl sites for hydroxylation is 1. The van der Waals surface area contributed by atoms with Gasteiger partial charge >= 0.3 is 0 Å². The Bertz CT molecular complexity index is 548. The third-order valence-electron chi connectivity index (χ3n) is 4.96. The molecule has 1 amide bonds. The second-order valence-electron chi connectivity index (χ2n) is 7.02. The summed E-state index contributed by atoms with van der Waals surface area (Å²) in [4.78, 5) is 16.9. The molecular weight excluding hydrogens is 337 g/mol. The molecule has 132 valence electrons. The predicted octanol–water partition coefficient (Wildman–Crippen LogP) is 1.43. The number of hydrogen-bond donors (Lipinski definition) is 1. The normalized spacial score (nSPS) is 27.5. The number of amides is 1. The zero-order valence-electron chi connectivity index (χ0n) is 13.9. The first-order valence-corrected chi connectivity index (χ1v) is 7.68. The van der Waals surface area contributed by atoms with Gasteiger partial charge in [-0.2, -0.15) is 5.10 Å². The van der Waals surface area contributed by atoms with Crippen LogP contribution in [0.15, 0.2) is 12.4 Å². The molecule has 1 aromatic heterocycles. The zero-order chi connectivity index (χ0) is 15.2. The predicted molar refractivity (Wildman–Crippen MR) is 96.4 cm³/mol. The molecule has 0 spiro atoms. The monoisotopic (exact) mass is 363 g/mol. The average Bonchev–Trinajstić information content (AvgIpc) is 2.99. The van der Waals surface area contributed by atoms with Crippen molar-refractivity contribution in [2.24, 2.45) is 18.2 Å². The van der Waals surface area contributed by atoms with Gasteiger partial charge in [-0.05, 0) is 18.3 Å². The number of nitrogens with two attached hydrogens (primary N) is 1. The summed E-state index contributed by atoms with van der Waals surface area (Å²) in [6.45, 7) is 6.98. The molecule has 0 aliphatic carbocycles. The van der Waals surface area contributed by atoms with E-state index in [-0.39, 0.29) is 48.2 Å². The molecular formula is C15H27Cl2N5O. The molecule has 0 radical (unpaired) electrons. The van der Waals surface area contributed by atoms with Crippen LogP contribution in [0.4, 0.5) is 5.69 Å². The molecule has 6 nitrogen and oxygen atoms in total. The van der Waals surface area contributed by atoms with Gasteiger partial charge in [-0.1, -0.05) is 13.8 Å². The third-order valence-corrected chi connectivity index (χ3v) is 4.96. The molecule has 2 atom stereocenters. The van der Waals surface area contributed by atoms with Crippen LogP contribution in [-0.2, 0) is 11.8 Å². The van der Waals surface area contributed by atoms with Crippen LogP contribution in [0.5, 0.6) is 0 Å². The molecule has 2 saturated heterocycles. The number of aromatic nitrogens is 2. The van der Waals surface area contributed by atoms with E-state index in [1.54, 1.807) is 10.9 Å². The summed E-state index contributed by atoms with van der Waals surface area (Å²) in [6, 6.07) is 0.219. The van der Waals surface area contributed by atoms with E-state index < -0.39 is 0 Å². The number of anilines is 1. The first-order valence-electron chi connectivity index (χ1n) is 7.68. The number of hydrogen-bond acceptors (Lipinski definition) is 4. The second kappa shape index (κ2) is 7.38. The molecule has 3 heterocycles. The Kier molecular flexibility index (Phi) is 6.49. The van der Waals surface area contributed by atoms with Crippen molar-refractivity contribution in [3.05, 3.63) is 12.4 Å². The smallest absolute Gasteiger partial charge is 0.244 e. The van der Waals surface area contributed by atoms with Crippen LogP contribution >= 0.6 is 24.8 Å². The highest BCUT2D eigenvalue weighted by atomic mass is 35.5. The molecule has 2 fully saturated rings. The standard InChI is InChI=1S/C15H25N5O.2ClH/c1-15(2)10-19(6-5-13(15)16)12-4-7-20(14(12)21)11-8-17-18(3)9-11;;/h8-9,12-13H,4-7,10,16H2,1-3H3;2*1H. The van der Waals surface area contributed by atoms with Gasteiger partial charge in [0.05, 0.1) is 17.9 Å². The number of nitrogens with zero attached hydrogens (tertiary/aromatic N) is 4. The first kappa shape index (κ1) is 20.2. The molecule has 0 bridgehead atoms. The van der Waals surface area contributed by atoms with Gasteiger partial charge in [-0.15, -0.1) is 24.8 Å². The van der Waals surface area contributed by atoms with Crippen LogP contribution in [0, 0.1) is 5.41 Å². The Morgan fingerprint density at radius 2 is 1.96 bits per heavy atom. The number of rotatable bonds is 2. The minimum Gasteiger partial charge on any atom is -0.327 e. The molecule has 2 N–H and O–H groups in total. The van der Waals surface area contributed by atoms with Crippen LogP contribution < -0.4 is 10.6 Å². The maximum atomic E-state index is 12.7. The Balaban J connectivity index is 0.00000132. The molecule has 8 heteroatoms. The molecule has 23 heavy (non-hydrogen) atoms. The fourth-order valence-corrected chi connectivity index (χ4v) is 3.49. The van der Waals surface area contributed by atoms with Crippen molar-refractivity contribution in [2.75, 3.05) is 24.5 Å². The minimum absolute atomic E-state index is 0. The van der Waals surface area contributed by atoms with E-state index in [1.807, 2.05) is 18.1 Å². The van der Waals surface area contributed by atoms with Gasteiger partial charge in [0.25, 0.3) is 0 Å². The molecule has 0 aromatic carbocycles.